The molecule has 2 rings (SSSR count). The summed E-state index contributed by atoms with van der Waals surface area (Å²) in [6.45, 7) is 0.511. The Morgan fingerprint density at radius 3 is 2.88 bits per heavy atom. The van der Waals surface area contributed by atoms with Gasteiger partial charge in [0.25, 0.3) is 0 Å². The number of rotatable bonds is 4. The summed E-state index contributed by atoms with van der Waals surface area (Å²) in [4.78, 5) is 22.1. The second-order valence-electron chi connectivity index (χ2n) is 4.21. The zero-order valence-corrected chi connectivity index (χ0v) is 9.11. The molecule has 1 aromatic carbocycles. The van der Waals surface area contributed by atoms with Crippen LogP contribution in [0.2, 0.25) is 0 Å². The molecule has 0 saturated heterocycles. The van der Waals surface area contributed by atoms with E-state index < -0.39 is 0 Å². The average Bonchev–Trinajstić information content (AvgIpc) is 2.24. The molecule has 1 aromatic rings. The molecule has 1 aliphatic carbocycles. The zero-order valence-electron chi connectivity index (χ0n) is 9.11. The number of carbonyl (C=O) groups is 2. The standard InChI is InChI=1S/C13H15NO2/c15-9-11-4-1-3-10(7-11)8-14-13(16)12-5-2-6-12/h1,3-4,7,9,12H,2,5-6,8H2,(H,14,16). The zero-order chi connectivity index (χ0) is 11.4. The Hall–Kier alpha value is -1.64. The third kappa shape index (κ3) is 2.48. The van der Waals surface area contributed by atoms with Gasteiger partial charge in [-0.1, -0.05) is 24.6 Å². The van der Waals surface area contributed by atoms with Crippen molar-refractivity contribution in [2.24, 2.45) is 5.92 Å². The van der Waals surface area contributed by atoms with E-state index in [0.29, 0.717) is 12.1 Å². The van der Waals surface area contributed by atoms with Gasteiger partial charge in [-0.2, -0.15) is 0 Å². The molecule has 3 nitrogen and oxygen atoms in total. The van der Waals surface area contributed by atoms with Crippen LogP contribution in [0, 0.1) is 5.92 Å². The molecule has 16 heavy (non-hydrogen) atoms. The Morgan fingerprint density at radius 2 is 2.25 bits per heavy atom. The number of carbonyl (C=O) groups excluding carboxylic acids is 2. The molecule has 1 fully saturated rings. The van der Waals surface area contributed by atoms with Crippen molar-refractivity contribution >= 4 is 12.2 Å². The fourth-order valence-corrected chi connectivity index (χ4v) is 1.78. The molecule has 1 saturated carbocycles. The SMILES string of the molecule is O=Cc1cccc(CNC(=O)C2CCC2)c1. The largest absolute Gasteiger partial charge is 0.352 e. The van der Waals surface area contributed by atoms with E-state index in [2.05, 4.69) is 5.32 Å². The van der Waals surface area contributed by atoms with Gasteiger partial charge in [-0.05, 0) is 24.5 Å². The summed E-state index contributed by atoms with van der Waals surface area (Å²) in [5.41, 5.74) is 1.62. The van der Waals surface area contributed by atoms with Gasteiger partial charge in [-0.3, -0.25) is 9.59 Å². The summed E-state index contributed by atoms with van der Waals surface area (Å²) < 4.78 is 0. The average molecular weight is 217 g/mol. The third-order valence-electron chi connectivity index (χ3n) is 3.03. The minimum absolute atomic E-state index is 0.141. The maximum absolute atomic E-state index is 11.6. The number of hydrogen-bond donors (Lipinski definition) is 1. The Balaban J connectivity index is 1.88. The second-order valence-corrected chi connectivity index (χ2v) is 4.21. The van der Waals surface area contributed by atoms with Gasteiger partial charge in [0, 0.05) is 18.0 Å². The Labute approximate surface area is 94.9 Å². The van der Waals surface area contributed by atoms with Gasteiger partial charge < -0.3 is 5.32 Å². The lowest BCUT2D eigenvalue weighted by atomic mass is 9.85. The first kappa shape index (κ1) is 10.9. The molecule has 0 heterocycles. The van der Waals surface area contributed by atoms with Gasteiger partial charge in [-0.25, -0.2) is 0 Å². The van der Waals surface area contributed by atoms with Crippen molar-refractivity contribution in [3.63, 3.8) is 0 Å². The van der Waals surface area contributed by atoms with Gasteiger partial charge in [0.1, 0.15) is 6.29 Å². The first-order valence-corrected chi connectivity index (χ1v) is 5.61. The molecule has 0 radical (unpaired) electrons. The van der Waals surface area contributed by atoms with Crippen LogP contribution in [0.5, 0.6) is 0 Å². The van der Waals surface area contributed by atoms with Crippen LogP contribution >= 0.6 is 0 Å². The van der Waals surface area contributed by atoms with E-state index in [-0.39, 0.29) is 11.8 Å². The molecular formula is C13H15NO2. The van der Waals surface area contributed by atoms with Gasteiger partial charge in [0.05, 0.1) is 0 Å². The van der Waals surface area contributed by atoms with Gasteiger partial charge in [0.2, 0.25) is 5.91 Å². The van der Waals surface area contributed by atoms with Crippen LogP contribution < -0.4 is 5.32 Å². The number of nitrogens with one attached hydrogen (secondary N) is 1. The van der Waals surface area contributed by atoms with Crippen LogP contribution in [0.3, 0.4) is 0 Å². The van der Waals surface area contributed by atoms with Gasteiger partial charge >= 0.3 is 0 Å². The van der Waals surface area contributed by atoms with Crippen LogP contribution in [0.15, 0.2) is 24.3 Å². The fraction of sp³-hybridized carbons (Fsp3) is 0.385. The predicted molar refractivity (Wildman–Crippen MR) is 61.0 cm³/mol. The highest BCUT2D eigenvalue weighted by Crippen LogP contribution is 2.26. The summed E-state index contributed by atoms with van der Waals surface area (Å²) in [6.07, 6.45) is 4.01. The van der Waals surface area contributed by atoms with E-state index in [1.165, 1.54) is 6.42 Å². The quantitative estimate of drug-likeness (QED) is 0.783. The topological polar surface area (TPSA) is 46.2 Å². The molecule has 0 bridgehead atoms. The van der Waals surface area contributed by atoms with Crippen molar-refractivity contribution in [3.8, 4) is 0 Å². The molecule has 0 spiro atoms. The Bertz CT molecular complexity index is 397. The molecule has 0 unspecified atom stereocenters. The van der Waals surface area contributed by atoms with Crippen LogP contribution in [-0.4, -0.2) is 12.2 Å². The Morgan fingerprint density at radius 1 is 1.44 bits per heavy atom. The molecule has 1 N–H and O–H groups in total. The van der Waals surface area contributed by atoms with Gasteiger partial charge in [0.15, 0.2) is 0 Å². The number of amides is 1. The first-order chi connectivity index (χ1) is 7.79. The van der Waals surface area contributed by atoms with Crippen molar-refractivity contribution in [3.05, 3.63) is 35.4 Å². The van der Waals surface area contributed by atoms with E-state index >= 15 is 0 Å². The number of hydrogen-bond acceptors (Lipinski definition) is 2. The maximum atomic E-state index is 11.6. The second kappa shape index (κ2) is 4.92. The maximum Gasteiger partial charge on any atom is 0.223 e. The summed E-state index contributed by atoms with van der Waals surface area (Å²) in [7, 11) is 0. The summed E-state index contributed by atoms with van der Waals surface area (Å²) >= 11 is 0. The highest BCUT2D eigenvalue weighted by Gasteiger charge is 2.24. The minimum atomic E-state index is 0.141. The molecule has 1 aliphatic rings. The minimum Gasteiger partial charge on any atom is -0.352 e. The van der Waals surface area contributed by atoms with Crippen LogP contribution in [0.1, 0.15) is 35.2 Å². The molecule has 0 aliphatic heterocycles. The van der Waals surface area contributed by atoms with Crippen molar-refractivity contribution < 1.29 is 9.59 Å². The molecule has 1 amide bonds. The lowest BCUT2D eigenvalue weighted by Crippen LogP contribution is -2.33. The smallest absolute Gasteiger partial charge is 0.223 e. The van der Waals surface area contributed by atoms with Crippen LogP contribution in [0.4, 0.5) is 0 Å². The highest BCUT2D eigenvalue weighted by molar-refractivity contribution is 5.79. The summed E-state index contributed by atoms with van der Waals surface area (Å²) in [6, 6.07) is 7.29. The monoisotopic (exact) mass is 217 g/mol. The normalized spacial score (nSPS) is 15.2. The number of aldehydes is 1. The van der Waals surface area contributed by atoms with E-state index in [4.69, 9.17) is 0 Å². The van der Waals surface area contributed by atoms with E-state index in [9.17, 15) is 9.59 Å². The van der Waals surface area contributed by atoms with E-state index in [0.717, 1.165) is 24.7 Å². The summed E-state index contributed by atoms with van der Waals surface area (Å²) in [5.74, 6) is 0.358. The first-order valence-electron chi connectivity index (χ1n) is 5.61. The molecule has 84 valence electrons. The molecule has 0 aromatic heterocycles. The van der Waals surface area contributed by atoms with Crippen molar-refractivity contribution in [2.75, 3.05) is 0 Å². The highest BCUT2D eigenvalue weighted by atomic mass is 16.1. The van der Waals surface area contributed by atoms with Crippen molar-refractivity contribution in [2.45, 2.75) is 25.8 Å². The lowest BCUT2D eigenvalue weighted by molar-refractivity contribution is -0.127. The van der Waals surface area contributed by atoms with Gasteiger partial charge in [-0.15, -0.1) is 0 Å². The molecular weight excluding hydrogens is 202 g/mol. The van der Waals surface area contributed by atoms with Crippen molar-refractivity contribution in [1.82, 2.24) is 5.32 Å². The van der Waals surface area contributed by atoms with Crippen LogP contribution in [-0.2, 0) is 11.3 Å². The molecule has 3 heteroatoms. The summed E-state index contributed by atoms with van der Waals surface area (Å²) in [5, 5.41) is 2.90. The number of benzene rings is 1. The Kier molecular flexibility index (Phi) is 3.34. The van der Waals surface area contributed by atoms with Crippen LogP contribution in [0.25, 0.3) is 0 Å². The van der Waals surface area contributed by atoms with E-state index in [1.807, 2.05) is 12.1 Å². The van der Waals surface area contributed by atoms with Crippen molar-refractivity contribution in [1.29, 1.82) is 0 Å². The predicted octanol–water partition coefficient (Wildman–Crippen LogP) is 1.92. The third-order valence-corrected chi connectivity index (χ3v) is 3.03. The lowest BCUT2D eigenvalue weighted by Gasteiger charge is -2.24. The molecule has 0 atom stereocenters. The van der Waals surface area contributed by atoms with E-state index in [1.54, 1.807) is 12.1 Å². The fourth-order valence-electron chi connectivity index (χ4n) is 1.78.